The number of fused-ring (bicyclic) bond motifs is 1. The Bertz CT molecular complexity index is 329. The van der Waals surface area contributed by atoms with E-state index in [4.69, 9.17) is 14.2 Å². The molecule has 0 bridgehead atoms. The zero-order valence-corrected chi connectivity index (χ0v) is 7.80. The highest BCUT2D eigenvalue weighted by atomic mass is 16.6. The number of rotatable bonds is 2. The van der Waals surface area contributed by atoms with Crippen molar-refractivity contribution in [1.29, 1.82) is 0 Å². The first-order valence-corrected chi connectivity index (χ1v) is 4.32. The van der Waals surface area contributed by atoms with Gasteiger partial charge in [0.2, 0.25) is 5.75 Å². The van der Waals surface area contributed by atoms with Gasteiger partial charge in [0.15, 0.2) is 12.3 Å². The second kappa shape index (κ2) is 3.71. The topological polar surface area (TPSA) is 54.6 Å². The Morgan fingerprint density at radius 1 is 1.71 bits per heavy atom. The first-order chi connectivity index (χ1) is 6.81. The minimum Gasteiger partial charge on any atom is -0.616 e. The zero-order valence-electron chi connectivity index (χ0n) is 7.80. The van der Waals surface area contributed by atoms with Gasteiger partial charge in [-0.05, 0) is 6.07 Å². The summed E-state index contributed by atoms with van der Waals surface area (Å²) in [4.78, 5) is 0. The van der Waals surface area contributed by atoms with Gasteiger partial charge in [-0.2, -0.15) is 0 Å². The summed E-state index contributed by atoms with van der Waals surface area (Å²) in [5.41, 5.74) is 0. The Kier molecular flexibility index (Phi) is 2.41. The first-order valence-electron chi connectivity index (χ1n) is 4.32. The summed E-state index contributed by atoms with van der Waals surface area (Å²) in [7, 11) is 1.59. The third-order valence-corrected chi connectivity index (χ3v) is 1.93. The van der Waals surface area contributed by atoms with Crippen molar-refractivity contribution < 1.29 is 18.9 Å². The van der Waals surface area contributed by atoms with Gasteiger partial charge in [-0.3, -0.25) is 0 Å². The fourth-order valence-electron chi connectivity index (χ4n) is 1.33. The van der Waals surface area contributed by atoms with Gasteiger partial charge in [-0.1, -0.05) is 0 Å². The normalized spacial score (nSPS) is 19.4. The van der Waals surface area contributed by atoms with Crippen molar-refractivity contribution >= 4 is 0 Å². The van der Waals surface area contributed by atoms with E-state index in [-0.39, 0.29) is 12.0 Å². The summed E-state index contributed by atoms with van der Waals surface area (Å²) >= 11 is 0. The van der Waals surface area contributed by atoms with Crippen LogP contribution in [-0.4, -0.2) is 26.4 Å². The zero-order chi connectivity index (χ0) is 9.97. The molecule has 0 radical (unpaired) electrons. The Balaban J connectivity index is 2.18. The fourth-order valence-corrected chi connectivity index (χ4v) is 1.33. The highest BCUT2D eigenvalue weighted by Gasteiger charge is 2.26. The minimum atomic E-state index is -0.144. The van der Waals surface area contributed by atoms with E-state index in [1.165, 1.54) is 6.20 Å². The first kappa shape index (κ1) is 9.08. The van der Waals surface area contributed by atoms with E-state index in [0.29, 0.717) is 23.7 Å². The molecule has 1 aromatic heterocycles. The van der Waals surface area contributed by atoms with E-state index in [1.54, 1.807) is 19.2 Å². The molecule has 0 saturated carbocycles. The maximum Gasteiger partial charge on any atom is 0.423 e. The lowest BCUT2D eigenvalue weighted by Gasteiger charge is -2.23. The summed E-state index contributed by atoms with van der Waals surface area (Å²) in [6, 6.07) is 3.32. The van der Waals surface area contributed by atoms with E-state index in [2.05, 4.69) is 0 Å². The van der Waals surface area contributed by atoms with Crippen LogP contribution in [0.2, 0.25) is 0 Å². The monoisotopic (exact) mass is 197 g/mol. The molecule has 1 aromatic rings. The second-order valence-corrected chi connectivity index (χ2v) is 3.01. The number of pyridine rings is 1. The lowest BCUT2D eigenvalue weighted by atomic mass is 10.3. The molecule has 2 rings (SSSR count). The molecule has 0 N–H and O–H groups in total. The molecule has 1 atom stereocenters. The van der Waals surface area contributed by atoms with Crippen LogP contribution in [0.15, 0.2) is 18.3 Å². The van der Waals surface area contributed by atoms with Crippen LogP contribution >= 0.6 is 0 Å². The van der Waals surface area contributed by atoms with Crippen molar-refractivity contribution in [2.24, 2.45) is 0 Å². The van der Waals surface area contributed by atoms with Gasteiger partial charge in [0.25, 0.3) is 0 Å². The molecule has 0 aliphatic carbocycles. The molecule has 0 aromatic carbocycles. The van der Waals surface area contributed by atoms with Crippen LogP contribution in [0.5, 0.6) is 11.6 Å². The summed E-state index contributed by atoms with van der Waals surface area (Å²) < 4.78 is 16.3. The van der Waals surface area contributed by atoms with Gasteiger partial charge in [0.1, 0.15) is 6.61 Å². The summed E-state index contributed by atoms with van der Waals surface area (Å²) in [6.45, 7) is 0.792. The molecule has 0 saturated heterocycles. The predicted molar refractivity (Wildman–Crippen MR) is 47.2 cm³/mol. The SMILES string of the molecule is COCC1COc2c(ccc[n+]2[O-])O1. The van der Waals surface area contributed by atoms with Gasteiger partial charge >= 0.3 is 5.88 Å². The molecular weight excluding hydrogens is 186 g/mol. The maximum atomic E-state index is 11.2. The van der Waals surface area contributed by atoms with Crippen LogP contribution < -0.4 is 14.2 Å². The molecule has 1 aliphatic heterocycles. The van der Waals surface area contributed by atoms with E-state index in [0.717, 1.165) is 0 Å². The van der Waals surface area contributed by atoms with Gasteiger partial charge in [0, 0.05) is 13.2 Å². The Hall–Kier alpha value is -1.49. The molecule has 5 nitrogen and oxygen atoms in total. The quantitative estimate of drug-likeness (QED) is 0.498. The van der Waals surface area contributed by atoms with Crippen LogP contribution in [-0.2, 0) is 4.74 Å². The lowest BCUT2D eigenvalue weighted by molar-refractivity contribution is -0.614. The molecule has 0 fully saturated rings. The van der Waals surface area contributed by atoms with Gasteiger partial charge in [0.05, 0.1) is 6.61 Å². The summed E-state index contributed by atoms with van der Waals surface area (Å²) in [5, 5.41) is 11.2. The molecule has 1 aliphatic rings. The van der Waals surface area contributed by atoms with Gasteiger partial charge in [-0.15, -0.1) is 4.73 Å². The van der Waals surface area contributed by atoms with Crippen molar-refractivity contribution in [3.8, 4) is 11.6 Å². The molecule has 2 heterocycles. The van der Waals surface area contributed by atoms with Crippen molar-refractivity contribution in [2.75, 3.05) is 20.3 Å². The Morgan fingerprint density at radius 2 is 2.57 bits per heavy atom. The lowest BCUT2D eigenvalue weighted by Crippen LogP contribution is -2.39. The van der Waals surface area contributed by atoms with Crippen molar-refractivity contribution in [3.05, 3.63) is 23.5 Å². The van der Waals surface area contributed by atoms with E-state index in [9.17, 15) is 5.21 Å². The highest BCUT2D eigenvalue weighted by Crippen LogP contribution is 2.26. The molecule has 5 heteroatoms. The molecule has 1 unspecified atom stereocenters. The summed E-state index contributed by atoms with van der Waals surface area (Å²) in [6.07, 6.45) is 1.23. The average molecular weight is 197 g/mol. The number of ether oxygens (including phenoxy) is 3. The highest BCUT2D eigenvalue weighted by molar-refractivity contribution is 5.30. The van der Waals surface area contributed by atoms with Crippen molar-refractivity contribution in [2.45, 2.75) is 6.10 Å². The van der Waals surface area contributed by atoms with Crippen LogP contribution in [0.1, 0.15) is 0 Å². The van der Waals surface area contributed by atoms with E-state index in [1.807, 2.05) is 0 Å². The van der Waals surface area contributed by atoms with Gasteiger partial charge < -0.3 is 19.4 Å². The van der Waals surface area contributed by atoms with Crippen molar-refractivity contribution in [3.63, 3.8) is 0 Å². The Labute approximate surface area is 81.4 Å². The largest absolute Gasteiger partial charge is 0.616 e. The third-order valence-electron chi connectivity index (χ3n) is 1.93. The summed E-state index contributed by atoms with van der Waals surface area (Å²) in [5.74, 6) is 0.690. The predicted octanol–water partition coefficient (Wildman–Crippen LogP) is 0.106. The molecule has 14 heavy (non-hydrogen) atoms. The number of hydrogen-bond donors (Lipinski definition) is 0. The minimum absolute atomic E-state index is 0.144. The van der Waals surface area contributed by atoms with Crippen molar-refractivity contribution in [1.82, 2.24) is 0 Å². The van der Waals surface area contributed by atoms with Crippen LogP contribution in [0.25, 0.3) is 0 Å². The molecule has 0 spiro atoms. The second-order valence-electron chi connectivity index (χ2n) is 3.01. The Morgan fingerprint density at radius 3 is 3.36 bits per heavy atom. The van der Waals surface area contributed by atoms with Crippen LogP contribution in [0, 0.1) is 5.21 Å². The third kappa shape index (κ3) is 1.58. The van der Waals surface area contributed by atoms with Crippen LogP contribution in [0.4, 0.5) is 0 Å². The van der Waals surface area contributed by atoms with Gasteiger partial charge in [-0.25, -0.2) is 0 Å². The molecule has 0 amide bonds. The van der Waals surface area contributed by atoms with E-state index >= 15 is 0 Å². The average Bonchev–Trinajstić information content (AvgIpc) is 2.18. The number of methoxy groups -OCH3 is 1. The van der Waals surface area contributed by atoms with Crippen LogP contribution in [0.3, 0.4) is 0 Å². The van der Waals surface area contributed by atoms with E-state index < -0.39 is 0 Å². The molecular formula is C9H11NO4. The number of nitrogens with zero attached hydrogens (tertiary/aromatic N) is 1. The number of aromatic nitrogens is 1. The fraction of sp³-hybridized carbons (Fsp3) is 0.444. The standard InChI is InChI=1S/C9H11NO4/c1-12-5-7-6-13-9-8(14-7)3-2-4-10(9)11/h2-4,7H,5-6H2,1H3. The number of hydrogen-bond acceptors (Lipinski definition) is 4. The maximum absolute atomic E-state index is 11.2. The molecule has 76 valence electrons. The smallest absolute Gasteiger partial charge is 0.423 e.